The lowest BCUT2D eigenvalue weighted by Gasteiger charge is -2.24. The summed E-state index contributed by atoms with van der Waals surface area (Å²) in [6, 6.07) is 0. The van der Waals surface area contributed by atoms with Crippen LogP contribution in [0.25, 0.3) is 0 Å². The zero-order valence-corrected chi connectivity index (χ0v) is 6.88. The molecule has 0 aromatic carbocycles. The highest BCUT2D eigenvalue weighted by Crippen LogP contribution is 2.38. The molecule has 0 unspecified atom stereocenters. The minimum atomic E-state index is 0.286. The Balaban J connectivity index is 2.46. The van der Waals surface area contributed by atoms with Crippen LogP contribution in [0.1, 0.15) is 20.8 Å². The number of nitrogens with one attached hydrogen (secondary N) is 1. The van der Waals surface area contributed by atoms with E-state index >= 15 is 0 Å². The van der Waals surface area contributed by atoms with Gasteiger partial charge in [-0.15, -0.1) is 11.8 Å². The van der Waals surface area contributed by atoms with E-state index < -0.39 is 0 Å². The zero-order valence-electron chi connectivity index (χ0n) is 6.06. The summed E-state index contributed by atoms with van der Waals surface area (Å²) in [7, 11) is 0. The van der Waals surface area contributed by atoms with Crippen molar-refractivity contribution in [1.82, 2.24) is 5.32 Å². The molecule has 1 heterocycles. The van der Waals surface area contributed by atoms with E-state index in [-0.39, 0.29) is 5.41 Å². The van der Waals surface area contributed by atoms with Gasteiger partial charge in [0.05, 0.1) is 0 Å². The second kappa shape index (κ2) is 2.25. The number of hydrogen-bond acceptors (Lipinski definition) is 2. The van der Waals surface area contributed by atoms with E-state index in [2.05, 4.69) is 31.5 Å². The molecule has 0 fully saturated rings. The largest absolute Gasteiger partial charge is 0.373 e. The Labute approximate surface area is 60.9 Å². The molecule has 0 saturated carbocycles. The average Bonchev–Trinajstić information content (AvgIpc) is 2.08. The third kappa shape index (κ3) is 1.65. The molecule has 1 aliphatic heterocycles. The summed E-state index contributed by atoms with van der Waals surface area (Å²) < 4.78 is 0. The van der Waals surface area contributed by atoms with Crippen molar-refractivity contribution in [2.45, 2.75) is 20.8 Å². The van der Waals surface area contributed by atoms with Crippen LogP contribution in [-0.4, -0.2) is 0 Å². The molecule has 9 heavy (non-hydrogen) atoms. The van der Waals surface area contributed by atoms with Crippen molar-refractivity contribution in [2.24, 2.45) is 5.41 Å². The highest BCUT2D eigenvalue weighted by atomic mass is 32.2. The van der Waals surface area contributed by atoms with Gasteiger partial charge in [0.25, 0.3) is 0 Å². The Morgan fingerprint density at radius 3 is 2.33 bits per heavy atom. The van der Waals surface area contributed by atoms with Gasteiger partial charge in [-0.05, 0) is 10.8 Å². The fourth-order valence-corrected chi connectivity index (χ4v) is 1.40. The summed E-state index contributed by atoms with van der Waals surface area (Å²) in [6.07, 6.45) is 1.98. The average molecular weight is 142 g/mol. The SMILES string of the molecule is CC(C)(C)[C]1NC=CS1. The first kappa shape index (κ1) is 7.00. The molecule has 0 aliphatic carbocycles. The first-order valence-corrected chi connectivity index (χ1v) is 3.94. The Kier molecular flexibility index (Phi) is 1.75. The van der Waals surface area contributed by atoms with Gasteiger partial charge in [-0.25, -0.2) is 0 Å². The minimum absolute atomic E-state index is 0.286. The second-order valence-corrected chi connectivity index (χ2v) is 4.06. The molecule has 51 valence electrons. The van der Waals surface area contributed by atoms with Crippen molar-refractivity contribution in [3.8, 4) is 0 Å². The van der Waals surface area contributed by atoms with E-state index in [0.29, 0.717) is 0 Å². The summed E-state index contributed by atoms with van der Waals surface area (Å²) in [4.78, 5) is 0. The van der Waals surface area contributed by atoms with E-state index in [0.717, 1.165) is 0 Å². The molecule has 0 spiro atoms. The summed E-state index contributed by atoms with van der Waals surface area (Å²) in [5, 5.41) is 6.60. The van der Waals surface area contributed by atoms with Crippen LogP contribution in [0, 0.1) is 10.8 Å². The fourth-order valence-electron chi connectivity index (χ4n) is 0.639. The Bertz CT molecular complexity index is 115. The van der Waals surface area contributed by atoms with Crippen molar-refractivity contribution in [2.75, 3.05) is 0 Å². The van der Waals surface area contributed by atoms with Gasteiger partial charge in [-0.3, -0.25) is 0 Å². The highest BCUT2D eigenvalue weighted by Gasteiger charge is 2.26. The predicted molar refractivity (Wildman–Crippen MR) is 42.6 cm³/mol. The third-order valence-electron chi connectivity index (χ3n) is 1.15. The Morgan fingerprint density at radius 2 is 2.11 bits per heavy atom. The van der Waals surface area contributed by atoms with Crippen molar-refractivity contribution >= 4 is 11.8 Å². The molecule has 1 rings (SSSR count). The first-order valence-electron chi connectivity index (χ1n) is 3.06. The molecule has 2 heteroatoms. The van der Waals surface area contributed by atoms with E-state index in [4.69, 9.17) is 0 Å². The molecule has 0 saturated heterocycles. The molecule has 0 atom stereocenters. The van der Waals surface area contributed by atoms with Crippen LogP contribution in [-0.2, 0) is 0 Å². The summed E-state index contributed by atoms with van der Waals surface area (Å²) in [5.41, 5.74) is 0.286. The van der Waals surface area contributed by atoms with Crippen LogP contribution in [0.15, 0.2) is 11.6 Å². The maximum atomic E-state index is 3.20. The van der Waals surface area contributed by atoms with Crippen LogP contribution in [0.3, 0.4) is 0 Å². The van der Waals surface area contributed by atoms with Gasteiger partial charge in [0, 0.05) is 6.20 Å². The van der Waals surface area contributed by atoms with E-state index in [1.807, 2.05) is 6.20 Å². The topological polar surface area (TPSA) is 12.0 Å². The normalized spacial score (nSPS) is 20.3. The van der Waals surface area contributed by atoms with Crippen molar-refractivity contribution in [1.29, 1.82) is 0 Å². The molecule has 1 nitrogen and oxygen atoms in total. The van der Waals surface area contributed by atoms with E-state index in [1.54, 1.807) is 11.8 Å². The van der Waals surface area contributed by atoms with Crippen LogP contribution in [0.2, 0.25) is 0 Å². The quantitative estimate of drug-likeness (QED) is 0.557. The highest BCUT2D eigenvalue weighted by molar-refractivity contribution is 8.05. The molecule has 0 bridgehead atoms. The van der Waals surface area contributed by atoms with Gasteiger partial charge in [-0.1, -0.05) is 20.8 Å². The molecule has 0 aromatic heterocycles. The maximum absolute atomic E-state index is 3.20. The lowest BCUT2D eigenvalue weighted by atomic mass is 9.97. The van der Waals surface area contributed by atoms with Gasteiger partial charge in [0.15, 0.2) is 0 Å². The minimum Gasteiger partial charge on any atom is -0.373 e. The Morgan fingerprint density at radius 1 is 1.44 bits per heavy atom. The first-order chi connectivity index (χ1) is 4.11. The lowest BCUT2D eigenvalue weighted by molar-refractivity contribution is 0.454. The smallest absolute Gasteiger partial charge is 0.126 e. The summed E-state index contributed by atoms with van der Waals surface area (Å²) in [5.74, 6) is 0. The predicted octanol–water partition coefficient (Wildman–Crippen LogP) is 2.33. The number of rotatable bonds is 0. The van der Waals surface area contributed by atoms with Gasteiger partial charge < -0.3 is 5.32 Å². The van der Waals surface area contributed by atoms with Crippen LogP contribution in [0.5, 0.6) is 0 Å². The number of hydrogen-bond donors (Lipinski definition) is 1. The summed E-state index contributed by atoms with van der Waals surface area (Å²) in [6.45, 7) is 6.61. The molecule has 1 radical (unpaired) electrons. The van der Waals surface area contributed by atoms with Crippen molar-refractivity contribution in [3.05, 3.63) is 17.0 Å². The standard InChI is InChI=1S/C7H12NS/c1-7(2,3)6-8-4-5-9-6/h4-5,8H,1-3H3. The number of thioether (sulfide) groups is 1. The fraction of sp³-hybridized carbons (Fsp3) is 0.571. The van der Waals surface area contributed by atoms with Crippen LogP contribution >= 0.6 is 11.8 Å². The molecule has 1 N–H and O–H groups in total. The Hall–Kier alpha value is -0.110. The van der Waals surface area contributed by atoms with Crippen LogP contribution < -0.4 is 5.32 Å². The summed E-state index contributed by atoms with van der Waals surface area (Å²) >= 11 is 1.77. The van der Waals surface area contributed by atoms with E-state index in [1.165, 1.54) is 5.37 Å². The second-order valence-electron chi connectivity index (χ2n) is 3.14. The molecule has 0 amide bonds. The molecule has 1 aliphatic rings. The van der Waals surface area contributed by atoms with Crippen molar-refractivity contribution in [3.63, 3.8) is 0 Å². The van der Waals surface area contributed by atoms with Gasteiger partial charge in [-0.2, -0.15) is 0 Å². The molecular weight excluding hydrogens is 130 g/mol. The monoisotopic (exact) mass is 142 g/mol. The van der Waals surface area contributed by atoms with Crippen molar-refractivity contribution < 1.29 is 0 Å². The zero-order chi connectivity index (χ0) is 6.91. The third-order valence-corrected chi connectivity index (χ3v) is 2.39. The maximum Gasteiger partial charge on any atom is 0.126 e. The van der Waals surface area contributed by atoms with Crippen LogP contribution in [0.4, 0.5) is 0 Å². The van der Waals surface area contributed by atoms with Gasteiger partial charge in [0.2, 0.25) is 0 Å². The van der Waals surface area contributed by atoms with Gasteiger partial charge >= 0.3 is 0 Å². The van der Waals surface area contributed by atoms with Gasteiger partial charge in [0.1, 0.15) is 5.37 Å². The lowest BCUT2D eigenvalue weighted by Crippen LogP contribution is -2.22. The molecular formula is C7H12NS. The molecule has 0 aromatic rings. The van der Waals surface area contributed by atoms with E-state index in [9.17, 15) is 0 Å².